The molecule has 1 aliphatic heterocycles. The van der Waals surface area contributed by atoms with E-state index in [2.05, 4.69) is 4.98 Å². The molecule has 1 aliphatic rings. The number of hydrogen-bond donors (Lipinski definition) is 0. The molecule has 2 rings (SSSR count). The van der Waals surface area contributed by atoms with Crippen molar-refractivity contribution < 1.29 is 14.3 Å². The third-order valence-corrected chi connectivity index (χ3v) is 3.69. The molecule has 0 aromatic carbocycles. The Balaban J connectivity index is 2.12. The van der Waals surface area contributed by atoms with Crippen LogP contribution in [0.5, 0.6) is 0 Å². The number of likely N-dealkylation sites (tertiary alicyclic amines) is 1. The fourth-order valence-electron chi connectivity index (χ4n) is 2.41. The smallest absolute Gasteiger partial charge is 0.307 e. The highest BCUT2D eigenvalue weighted by atomic mass is 35.5. The second kappa shape index (κ2) is 6.70. The fourth-order valence-corrected chi connectivity index (χ4v) is 2.52. The van der Waals surface area contributed by atoms with Crippen molar-refractivity contribution in [2.75, 3.05) is 13.7 Å². The van der Waals surface area contributed by atoms with Gasteiger partial charge in [0.05, 0.1) is 18.6 Å². The van der Waals surface area contributed by atoms with Crippen LogP contribution < -0.4 is 0 Å². The molecule has 1 atom stereocenters. The molecule has 2 heterocycles. The van der Waals surface area contributed by atoms with E-state index in [-0.39, 0.29) is 24.3 Å². The first kappa shape index (κ1) is 14.8. The predicted molar refractivity (Wildman–Crippen MR) is 74.6 cm³/mol. The molecule has 1 aromatic rings. The lowest BCUT2D eigenvalue weighted by Crippen LogP contribution is -2.45. The van der Waals surface area contributed by atoms with Crippen LogP contribution in [0.25, 0.3) is 0 Å². The standard InChI is InChI=1S/C14H17ClN2O3/c1-20-13(18)8-11-4-2-3-7-17(11)14(19)12-6-5-10(15)9-16-12/h5-6,9,11H,2-4,7-8H2,1H3. The third kappa shape index (κ3) is 3.48. The van der Waals surface area contributed by atoms with E-state index < -0.39 is 0 Å². The summed E-state index contributed by atoms with van der Waals surface area (Å²) >= 11 is 5.77. The molecule has 0 radical (unpaired) electrons. The largest absolute Gasteiger partial charge is 0.469 e. The second-order valence-corrected chi connectivity index (χ2v) is 5.23. The van der Waals surface area contributed by atoms with Crippen molar-refractivity contribution in [3.05, 3.63) is 29.0 Å². The number of piperidine rings is 1. The summed E-state index contributed by atoms with van der Waals surface area (Å²) in [6, 6.07) is 3.14. The molecule has 20 heavy (non-hydrogen) atoms. The summed E-state index contributed by atoms with van der Waals surface area (Å²) in [7, 11) is 1.36. The van der Waals surface area contributed by atoms with Crippen LogP contribution in [0.4, 0.5) is 0 Å². The predicted octanol–water partition coefficient (Wildman–Crippen LogP) is 2.29. The van der Waals surface area contributed by atoms with Gasteiger partial charge in [-0.15, -0.1) is 0 Å². The molecule has 5 nitrogen and oxygen atoms in total. The minimum absolute atomic E-state index is 0.110. The topological polar surface area (TPSA) is 59.5 Å². The number of carbonyl (C=O) groups excluding carboxylic acids is 2. The number of nitrogens with zero attached hydrogens (tertiary/aromatic N) is 2. The molecular formula is C14H17ClN2O3. The third-order valence-electron chi connectivity index (χ3n) is 3.46. The summed E-state index contributed by atoms with van der Waals surface area (Å²) in [5, 5.41) is 0.492. The number of pyridine rings is 1. The number of halogens is 1. The van der Waals surface area contributed by atoms with Gasteiger partial charge in [0.2, 0.25) is 0 Å². The Hall–Kier alpha value is -1.62. The van der Waals surface area contributed by atoms with Gasteiger partial charge in [-0.25, -0.2) is 4.98 Å². The lowest BCUT2D eigenvalue weighted by Gasteiger charge is -2.35. The van der Waals surface area contributed by atoms with E-state index in [1.807, 2.05) is 0 Å². The maximum Gasteiger partial charge on any atom is 0.307 e. The zero-order valence-electron chi connectivity index (χ0n) is 11.3. The van der Waals surface area contributed by atoms with Crippen molar-refractivity contribution in [1.82, 2.24) is 9.88 Å². The van der Waals surface area contributed by atoms with Crippen molar-refractivity contribution in [3.8, 4) is 0 Å². The van der Waals surface area contributed by atoms with Crippen molar-refractivity contribution in [2.45, 2.75) is 31.7 Å². The maximum absolute atomic E-state index is 12.5. The molecule has 108 valence electrons. The lowest BCUT2D eigenvalue weighted by atomic mass is 9.99. The zero-order chi connectivity index (χ0) is 14.5. The van der Waals surface area contributed by atoms with E-state index in [1.54, 1.807) is 17.0 Å². The molecule has 0 N–H and O–H groups in total. The molecule has 0 saturated carbocycles. The van der Waals surface area contributed by atoms with Gasteiger partial charge in [-0.2, -0.15) is 0 Å². The highest BCUT2D eigenvalue weighted by Gasteiger charge is 2.29. The van der Waals surface area contributed by atoms with Gasteiger partial charge in [0, 0.05) is 18.8 Å². The van der Waals surface area contributed by atoms with Crippen LogP contribution in [0, 0.1) is 0 Å². The first-order valence-corrected chi connectivity index (χ1v) is 6.99. The average molecular weight is 297 g/mol. The number of amides is 1. The van der Waals surface area contributed by atoms with Gasteiger partial charge in [0.25, 0.3) is 5.91 Å². The Morgan fingerprint density at radius 2 is 2.25 bits per heavy atom. The van der Waals surface area contributed by atoms with Crippen LogP contribution in [0.15, 0.2) is 18.3 Å². The van der Waals surface area contributed by atoms with Gasteiger partial charge in [-0.05, 0) is 31.4 Å². The molecule has 0 aliphatic carbocycles. The molecule has 6 heteroatoms. The van der Waals surface area contributed by atoms with Gasteiger partial charge in [0.1, 0.15) is 5.69 Å². The first-order valence-electron chi connectivity index (χ1n) is 6.61. The molecule has 1 saturated heterocycles. The van der Waals surface area contributed by atoms with Crippen molar-refractivity contribution in [2.24, 2.45) is 0 Å². The van der Waals surface area contributed by atoms with Crippen LogP contribution in [0.1, 0.15) is 36.2 Å². The highest BCUT2D eigenvalue weighted by Crippen LogP contribution is 2.22. The molecule has 1 amide bonds. The van der Waals surface area contributed by atoms with Crippen LogP contribution >= 0.6 is 11.6 Å². The number of ether oxygens (including phenoxy) is 1. The van der Waals surface area contributed by atoms with Crippen molar-refractivity contribution in [1.29, 1.82) is 0 Å². The Labute approximate surface area is 122 Å². The Bertz CT molecular complexity index is 490. The summed E-state index contributed by atoms with van der Waals surface area (Å²) in [5.74, 6) is -0.450. The molecular weight excluding hydrogens is 280 g/mol. The van der Waals surface area contributed by atoms with Crippen molar-refractivity contribution in [3.63, 3.8) is 0 Å². The number of esters is 1. The van der Waals surface area contributed by atoms with E-state index in [9.17, 15) is 9.59 Å². The van der Waals surface area contributed by atoms with E-state index in [0.717, 1.165) is 19.3 Å². The summed E-state index contributed by atoms with van der Waals surface area (Å²) < 4.78 is 4.69. The number of carbonyl (C=O) groups is 2. The minimum atomic E-state index is -0.293. The first-order chi connectivity index (χ1) is 9.61. The number of rotatable bonds is 3. The summed E-state index contributed by atoms with van der Waals surface area (Å²) in [5.41, 5.74) is 0.353. The highest BCUT2D eigenvalue weighted by molar-refractivity contribution is 6.30. The monoisotopic (exact) mass is 296 g/mol. The van der Waals surface area contributed by atoms with Gasteiger partial charge in [0.15, 0.2) is 0 Å². The van der Waals surface area contributed by atoms with Crippen LogP contribution in [0.2, 0.25) is 5.02 Å². The fraction of sp³-hybridized carbons (Fsp3) is 0.500. The van der Waals surface area contributed by atoms with E-state index in [0.29, 0.717) is 17.3 Å². The normalized spacial score (nSPS) is 18.7. The average Bonchev–Trinajstić information content (AvgIpc) is 2.48. The SMILES string of the molecule is COC(=O)CC1CCCCN1C(=O)c1ccc(Cl)cn1. The molecule has 0 bridgehead atoms. The number of hydrogen-bond acceptors (Lipinski definition) is 4. The van der Waals surface area contributed by atoms with Gasteiger partial charge >= 0.3 is 5.97 Å². The van der Waals surface area contributed by atoms with E-state index >= 15 is 0 Å². The van der Waals surface area contributed by atoms with Gasteiger partial charge in [-0.3, -0.25) is 9.59 Å². The van der Waals surface area contributed by atoms with Gasteiger partial charge < -0.3 is 9.64 Å². The summed E-state index contributed by atoms with van der Waals surface area (Å²) in [6.07, 6.45) is 4.45. The Kier molecular flexibility index (Phi) is 4.95. The van der Waals surface area contributed by atoms with Crippen molar-refractivity contribution >= 4 is 23.5 Å². The quantitative estimate of drug-likeness (QED) is 0.803. The second-order valence-electron chi connectivity index (χ2n) is 4.79. The maximum atomic E-state index is 12.5. The molecule has 0 spiro atoms. The van der Waals surface area contributed by atoms with Crippen LogP contribution in [-0.2, 0) is 9.53 Å². The number of aromatic nitrogens is 1. The van der Waals surface area contributed by atoms with E-state index in [1.165, 1.54) is 13.3 Å². The van der Waals surface area contributed by atoms with Crippen LogP contribution in [-0.4, -0.2) is 41.5 Å². The lowest BCUT2D eigenvalue weighted by molar-refractivity contribution is -0.142. The molecule has 1 aromatic heterocycles. The molecule has 1 fully saturated rings. The number of methoxy groups -OCH3 is 1. The summed E-state index contributed by atoms with van der Waals surface area (Å²) in [6.45, 7) is 0.644. The Morgan fingerprint density at radius 3 is 2.90 bits per heavy atom. The minimum Gasteiger partial charge on any atom is -0.469 e. The van der Waals surface area contributed by atoms with E-state index in [4.69, 9.17) is 16.3 Å². The zero-order valence-corrected chi connectivity index (χ0v) is 12.1. The molecule has 1 unspecified atom stereocenters. The van der Waals surface area contributed by atoms with Crippen LogP contribution in [0.3, 0.4) is 0 Å². The summed E-state index contributed by atoms with van der Waals surface area (Å²) in [4.78, 5) is 29.7. The van der Waals surface area contributed by atoms with Gasteiger partial charge in [-0.1, -0.05) is 11.6 Å². The Morgan fingerprint density at radius 1 is 1.45 bits per heavy atom.